The molecule has 0 aliphatic carbocycles. The predicted molar refractivity (Wildman–Crippen MR) is 72.3 cm³/mol. The van der Waals surface area contributed by atoms with Gasteiger partial charge >= 0.3 is 0 Å². The predicted octanol–water partition coefficient (Wildman–Crippen LogP) is 2.40. The zero-order valence-electron chi connectivity index (χ0n) is 10.6. The van der Waals surface area contributed by atoms with Crippen LogP contribution in [-0.4, -0.2) is 14.4 Å². The normalized spacial score (nSPS) is 11.3. The monoisotopic (exact) mass is 240 g/mol. The summed E-state index contributed by atoms with van der Waals surface area (Å²) in [5.74, 6) is 0.813. The molecule has 4 heteroatoms. The molecule has 3 N–H and O–H groups in total. The van der Waals surface area contributed by atoms with Gasteiger partial charge in [-0.3, -0.25) is 0 Å². The Morgan fingerprint density at radius 2 is 2.17 bits per heavy atom. The number of hydrogen-bond donors (Lipinski definition) is 2. The fraction of sp³-hybridized carbons (Fsp3) is 0.214. The minimum Gasteiger partial charge on any atom is -0.340 e. The molecule has 0 aliphatic rings. The lowest BCUT2D eigenvalue weighted by Crippen LogP contribution is -1.98. The van der Waals surface area contributed by atoms with Gasteiger partial charge in [0.2, 0.25) is 0 Å². The van der Waals surface area contributed by atoms with Crippen molar-refractivity contribution in [2.24, 2.45) is 5.73 Å². The van der Waals surface area contributed by atoms with Crippen LogP contribution in [0, 0.1) is 13.8 Å². The number of hydrogen-bond acceptors (Lipinski definition) is 2. The van der Waals surface area contributed by atoms with E-state index in [-0.39, 0.29) is 0 Å². The molecule has 18 heavy (non-hydrogen) atoms. The van der Waals surface area contributed by atoms with Gasteiger partial charge in [0.05, 0.1) is 24.1 Å². The number of nitrogens with zero attached hydrogens (tertiary/aromatic N) is 2. The van der Waals surface area contributed by atoms with Gasteiger partial charge in [-0.15, -0.1) is 0 Å². The van der Waals surface area contributed by atoms with Crippen molar-refractivity contribution in [2.45, 2.75) is 20.4 Å². The first-order valence-corrected chi connectivity index (χ1v) is 6.02. The molecule has 0 saturated heterocycles. The van der Waals surface area contributed by atoms with Crippen LogP contribution in [0.2, 0.25) is 0 Å². The quantitative estimate of drug-likeness (QED) is 0.722. The minimum atomic E-state index is 0.432. The first kappa shape index (κ1) is 11.0. The number of pyridine rings is 1. The van der Waals surface area contributed by atoms with Crippen LogP contribution in [0.15, 0.2) is 30.5 Å². The van der Waals surface area contributed by atoms with Crippen molar-refractivity contribution in [3.05, 3.63) is 47.5 Å². The Labute approximate surface area is 105 Å². The van der Waals surface area contributed by atoms with Crippen molar-refractivity contribution < 1.29 is 0 Å². The zero-order chi connectivity index (χ0) is 12.7. The van der Waals surface area contributed by atoms with Crippen LogP contribution >= 0.6 is 0 Å². The third kappa shape index (κ3) is 1.54. The molecule has 0 unspecified atom stereocenters. The molecule has 3 heterocycles. The van der Waals surface area contributed by atoms with Gasteiger partial charge in [-0.1, -0.05) is 6.07 Å². The summed E-state index contributed by atoms with van der Waals surface area (Å²) in [4.78, 5) is 7.54. The van der Waals surface area contributed by atoms with Crippen molar-refractivity contribution in [3.8, 4) is 11.4 Å². The second-order valence-electron chi connectivity index (χ2n) is 4.55. The largest absolute Gasteiger partial charge is 0.340 e. The van der Waals surface area contributed by atoms with Gasteiger partial charge in [-0.25, -0.2) is 4.98 Å². The molecule has 0 aromatic carbocycles. The zero-order valence-corrected chi connectivity index (χ0v) is 10.6. The molecule has 0 atom stereocenters. The van der Waals surface area contributed by atoms with Gasteiger partial charge in [-0.05, 0) is 37.6 Å². The van der Waals surface area contributed by atoms with Gasteiger partial charge in [0.15, 0.2) is 0 Å². The number of H-pyrrole nitrogens is 1. The average molecular weight is 240 g/mol. The summed E-state index contributed by atoms with van der Waals surface area (Å²) in [5, 5.41) is 0. The molecule has 0 radical (unpaired) electrons. The van der Waals surface area contributed by atoms with E-state index in [0.29, 0.717) is 6.54 Å². The molecule has 3 rings (SSSR count). The SMILES string of the molecule is Cc1cc2cccc(C)n2c1-c1cnc(CN)[nH]1. The van der Waals surface area contributed by atoms with E-state index in [0.717, 1.165) is 17.2 Å². The molecule has 0 saturated carbocycles. The Morgan fingerprint density at radius 1 is 1.33 bits per heavy atom. The smallest absolute Gasteiger partial charge is 0.120 e. The highest BCUT2D eigenvalue weighted by Crippen LogP contribution is 2.27. The standard InChI is InChI=1S/C14H16N4/c1-9-6-11-5-3-4-10(2)18(11)14(9)12-8-16-13(7-15)17-12/h3-6,8H,7,15H2,1-2H3,(H,16,17). The van der Waals surface area contributed by atoms with Crippen LogP contribution < -0.4 is 5.73 Å². The van der Waals surface area contributed by atoms with Crippen LogP contribution in [0.1, 0.15) is 17.1 Å². The molecular weight excluding hydrogens is 224 g/mol. The van der Waals surface area contributed by atoms with Crippen molar-refractivity contribution >= 4 is 5.52 Å². The van der Waals surface area contributed by atoms with E-state index in [2.05, 4.69) is 52.5 Å². The second kappa shape index (κ2) is 3.99. The van der Waals surface area contributed by atoms with Gasteiger partial charge in [0.25, 0.3) is 0 Å². The average Bonchev–Trinajstić information content (AvgIpc) is 2.92. The van der Waals surface area contributed by atoms with E-state index < -0.39 is 0 Å². The van der Waals surface area contributed by atoms with Crippen LogP contribution in [0.3, 0.4) is 0 Å². The summed E-state index contributed by atoms with van der Waals surface area (Å²) in [6.07, 6.45) is 1.85. The second-order valence-corrected chi connectivity index (χ2v) is 4.55. The first-order chi connectivity index (χ1) is 8.70. The van der Waals surface area contributed by atoms with Crippen molar-refractivity contribution in [2.75, 3.05) is 0 Å². The maximum absolute atomic E-state index is 5.60. The molecule has 0 amide bonds. The Morgan fingerprint density at radius 3 is 2.89 bits per heavy atom. The van der Waals surface area contributed by atoms with Crippen LogP contribution in [-0.2, 0) is 6.54 Å². The van der Waals surface area contributed by atoms with E-state index in [1.54, 1.807) is 0 Å². The highest BCUT2D eigenvalue weighted by atomic mass is 15.0. The van der Waals surface area contributed by atoms with E-state index in [9.17, 15) is 0 Å². The van der Waals surface area contributed by atoms with Crippen molar-refractivity contribution in [1.82, 2.24) is 14.4 Å². The highest BCUT2D eigenvalue weighted by molar-refractivity contribution is 5.69. The fourth-order valence-corrected chi connectivity index (χ4v) is 2.44. The molecular formula is C14H16N4. The lowest BCUT2D eigenvalue weighted by atomic mass is 10.2. The fourth-order valence-electron chi connectivity index (χ4n) is 2.44. The Balaban J connectivity index is 2.30. The maximum atomic E-state index is 5.60. The molecule has 3 aromatic rings. The summed E-state index contributed by atoms with van der Waals surface area (Å²) in [7, 11) is 0. The summed E-state index contributed by atoms with van der Waals surface area (Å²) in [6.45, 7) is 4.65. The number of nitrogens with one attached hydrogen (secondary N) is 1. The van der Waals surface area contributed by atoms with E-state index in [4.69, 9.17) is 5.73 Å². The molecule has 0 fully saturated rings. The number of imidazole rings is 1. The van der Waals surface area contributed by atoms with E-state index in [1.807, 2.05) is 6.20 Å². The van der Waals surface area contributed by atoms with Crippen LogP contribution in [0.5, 0.6) is 0 Å². The van der Waals surface area contributed by atoms with Crippen molar-refractivity contribution in [3.63, 3.8) is 0 Å². The molecule has 4 nitrogen and oxygen atoms in total. The highest BCUT2D eigenvalue weighted by Gasteiger charge is 2.12. The summed E-state index contributed by atoms with van der Waals surface area (Å²) in [6, 6.07) is 8.48. The maximum Gasteiger partial charge on any atom is 0.120 e. The first-order valence-electron chi connectivity index (χ1n) is 6.02. The number of aromatic nitrogens is 3. The summed E-state index contributed by atoms with van der Waals surface area (Å²) in [5.41, 5.74) is 11.4. The molecule has 92 valence electrons. The third-order valence-electron chi connectivity index (χ3n) is 3.25. The van der Waals surface area contributed by atoms with Gasteiger partial charge < -0.3 is 15.1 Å². The van der Waals surface area contributed by atoms with Crippen LogP contribution in [0.4, 0.5) is 0 Å². The minimum absolute atomic E-state index is 0.432. The van der Waals surface area contributed by atoms with E-state index >= 15 is 0 Å². The molecule has 0 aliphatic heterocycles. The Kier molecular flexibility index (Phi) is 2.45. The van der Waals surface area contributed by atoms with E-state index in [1.165, 1.54) is 16.8 Å². The molecule has 0 bridgehead atoms. The lowest BCUT2D eigenvalue weighted by Gasteiger charge is -2.05. The van der Waals surface area contributed by atoms with Gasteiger partial charge in [0, 0.05) is 11.2 Å². The Hall–Kier alpha value is -2.07. The summed E-state index contributed by atoms with van der Waals surface area (Å²) >= 11 is 0. The Bertz CT molecular complexity index is 706. The number of nitrogens with two attached hydrogens (primary N) is 1. The molecule has 0 spiro atoms. The lowest BCUT2D eigenvalue weighted by molar-refractivity contribution is 0.949. The van der Waals surface area contributed by atoms with Crippen molar-refractivity contribution in [1.29, 1.82) is 0 Å². The van der Waals surface area contributed by atoms with Crippen LogP contribution in [0.25, 0.3) is 16.9 Å². The molecule has 3 aromatic heterocycles. The topological polar surface area (TPSA) is 59.1 Å². The van der Waals surface area contributed by atoms with Gasteiger partial charge in [-0.2, -0.15) is 0 Å². The number of rotatable bonds is 2. The third-order valence-corrected chi connectivity index (χ3v) is 3.25. The number of aryl methyl sites for hydroxylation is 2. The van der Waals surface area contributed by atoms with Gasteiger partial charge in [0.1, 0.15) is 5.82 Å². The number of fused-ring (bicyclic) bond motifs is 1. The summed E-state index contributed by atoms with van der Waals surface area (Å²) < 4.78 is 2.24. The number of aromatic amines is 1.